The average Bonchev–Trinajstić information content (AvgIpc) is 2.51. The zero-order valence-electron chi connectivity index (χ0n) is 13.8. The molecule has 0 aliphatic rings. The summed E-state index contributed by atoms with van der Waals surface area (Å²) in [7, 11) is 1.77. The fourth-order valence-corrected chi connectivity index (χ4v) is 2.09. The first-order valence-electron chi connectivity index (χ1n) is 6.95. The van der Waals surface area contributed by atoms with Crippen LogP contribution < -0.4 is 0 Å². The van der Waals surface area contributed by atoms with Crippen molar-refractivity contribution < 1.29 is 0 Å². The summed E-state index contributed by atoms with van der Waals surface area (Å²) in [6.07, 6.45) is 17.4. The van der Waals surface area contributed by atoms with Crippen molar-refractivity contribution >= 4 is 24.7 Å². The summed E-state index contributed by atoms with van der Waals surface area (Å²) in [5, 5.41) is 0. The van der Waals surface area contributed by atoms with Gasteiger partial charge in [0, 0.05) is 24.6 Å². The van der Waals surface area contributed by atoms with E-state index in [-0.39, 0.29) is 5.41 Å². The standard InChI is InChI=1S/C18H26N2S/c1-8-16(14-19-5)11-10-12-18(4,9-2)13-17(20-6)15(3)21-7/h2,10-12,14H,6,8,13H2,1,3-5,7H3/b12-10-,16-11+,17-15-,19-14+. The van der Waals surface area contributed by atoms with Crippen LogP contribution >= 0.6 is 11.8 Å². The SMILES string of the molecule is C#CC(C)(\C=C/C=C(/C=N/C)CC)C/C(N=C)=C(\C)SC. The molecule has 0 N–H and O–H groups in total. The number of nitrogens with zero attached hydrogens (tertiary/aromatic N) is 2. The topological polar surface area (TPSA) is 24.7 Å². The molecule has 0 spiro atoms. The Kier molecular flexibility index (Phi) is 9.49. The minimum Gasteiger partial charge on any atom is -0.296 e. The van der Waals surface area contributed by atoms with E-state index in [1.807, 2.05) is 38.5 Å². The summed E-state index contributed by atoms with van der Waals surface area (Å²) in [5.74, 6) is 2.87. The molecular formula is C18H26N2S. The predicted octanol–water partition coefficient (Wildman–Crippen LogP) is 4.90. The van der Waals surface area contributed by atoms with Crippen molar-refractivity contribution in [2.75, 3.05) is 13.3 Å². The maximum absolute atomic E-state index is 5.72. The van der Waals surface area contributed by atoms with Gasteiger partial charge in [0.25, 0.3) is 0 Å². The molecule has 0 rings (SSSR count). The highest BCUT2D eigenvalue weighted by molar-refractivity contribution is 8.02. The smallest absolute Gasteiger partial charge is 0.0521 e. The molecule has 0 aromatic heterocycles. The van der Waals surface area contributed by atoms with Crippen LogP contribution in [-0.2, 0) is 0 Å². The minimum atomic E-state index is -0.369. The van der Waals surface area contributed by atoms with E-state index in [0.717, 1.165) is 17.0 Å². The van der Waals surface area contributed by atoms with Crippen molar-refractivity contribution in [1.82, 2.24) is 0 Å². The fourth-order valence-electron chi connectivity index (χ4n) is 1.72. The van der Waals surface area contributed by atoms with Gasteiger partial charge in [0.2, 0.25) is 0 Å². The van der Waals surface area contributed by atoms with Crippen LogP contribution in [0.4, 0.5) is 0 Å². The van der Waals surface area contributed by atoms with Crippen molar-refractivity contribution in [1.29, 1.82) is 0 Å². The van der Waals surface area contributed by atoms with Crippen LogP contribution in [0.15, 0.2) is 44.4 Å². The van der Waals surface area contributed by atoms with E-state index in [0.29, 0.717) is 6.42 Å². The van der Waals surface area contributed by atoms with Crippen LogP contribution in [0.1, 0.15) is 33.6 Å². The number of thioether (sulfide) groups is 1. The van der Waals surface area contributed by atoms with Crippen molar-refractivity contribution in [2.24, 2.45) is 15.4 Å². The van der Waals surface area contributed by atoms with Crippen LogP contribution in [0.5, 0.6) is 0 Å². The molecule has 0 fully saturated rings. The molecule has 0 aromatic rings. The summed E-state index contributed by atoms with van der Waals surface area (Å²) in [6, 6.07) is 0. The maximum atomic E-state index is 5.72. The van der Waals surface area contributed by atoms with Crippen molar-refractivity contribution in [3.8, 4) is 12.3 Å². The van der Waals surface area contributed by atoms with E-state index in [2.05, 4.69) is 35.6 Å². The fraction of sp³-hybridized carbons (Fsp3) is 0.444. The summed E-state index contributed by atoms with van der Waals surface area (Å²) < 4.78 is 0. The van der Waals surface area contributed by atoms with Crippen molar-refractivity contribution in [3.05, 3.63) is 34.4 Å². The molecule has 0 heterocycles. The molecule has 0 bridgehead atoms. The Morgan fingerprint density at radius 3 is 2.57 bits per heavy atom. The zero-order valence-corrected chi connectivity index (χ0v) is 14.6. The Bertz CT molecular complexity index is 504. The van der Waals surface area contributed by atoms with Crippen molar-refractivity contribution in [2.45, 2.75) is 33.6 Å². The Balaban J connectivity index is 5.23. The number of allylic oxidation sites excluding steroid dienone is 6. The maximum Gasteiger partial charge on any atom is 0.0521 e. The van der Waals surface area contributed by atoms with Crippen molar-refractivity contribution in [3.63, 3.8) is 0 Å². The summed E-state index contributed by atoms with van der Waals surface area (Å²) in [5.41, 5.74) is 1.76. The largest absolute Gasteiger partial charge is 0.296 e. The van der Waals surface area contributed by atoms with Gasteiger partial charge >= 0.3 is 0 Å². The normalized spacial score (nSPS) is 16.7. The lowest BCUT2D eigenvalue weighted by atomic mass is 9.85. The molecule has 0 aliphatic heterocycles. The average molecular weight is 302 g/mol. The van der Waals surface area contributed by atoms with Gasteiger partial charge in [-0.25, -0.2) is 0 Å². The van der Waals surface area contributed by atoms with Gasteiger partial charge in [0.05, 0.1) is 11.1 Å². The molecule has 0 radical (unpaired) electrons. The quantitative estimate of drug-likeness (QED) is 0.355. The number of aliphatic imine (C=N–C) groups is 2. The van der Waals surface area contributed by atoms with E-state index in [9.17, 15) is 0 Å². The second-order valence-corrected chi connectivity index (χ2v) is 5.97. The molecule has 114 valence electrons. The second kappa shape index (κ2) is 10.2. The molecular weight excluding hydrogens is 276 g/mol. The lowest BCUT2D eigenvalue weighted by Crippen LogP contribution is -2.11. The van der Waals surface area contributed by atoms with Gasteiger partial charge < -0.3 is 0 Å². The first-order valence-corrected chi connectivity index (χ1v) is 8.17. The van der Waals surface area contributed by atoms with Gasteiger partial charge in [0.1, 0.15) is 0 Å². The lowest BCUT2D eigenvalue weighted by molar-refractivity contribution is 0.566. The molecule has 0 saturated carbocycles. The third kappa shape index (κ3) is 7.15. The molecule has 3 heteroatoms. The monoisotopic (exact) mass is 302 g/mol. The first-order chi connectivity index (χ1) is 9.96. The molecule has 0 aliphatic carbocycles. The highest BCUT2D eigenvalue weighted by atomic mass is 32.2. The van der Waals surface area contributed by atoms with Gasteiger partial charge in [-0.05, 0) is 38.8 Å². The molecule has 0 aromatic carbocycles. The molecule has 0 saturated heterocycles. The minimum absolute atomic E-state index is 0.369. The van der Waals surface area contributed by atoms with Crippen LogP contribution in [0.3, 0.4) is 0 Å². The van der Waals surface area contributed by atoms with Crippen LogP contribution in [0.25, 0.3) is 0 Å². The molecule has 1 unspecified atom stereocenters. The Morgan fingerprint density at radius 1 is 1.48 bits per heavy atom. The summed E-state index contributed by atoms with van der Waals surface area (Å²) >= 11 is 1.67. The Morgan fingerprint density at radius 2 is 2.14 bits per heavy atom. The number of hydrogen-bond acceptors (Lipinski definition) is 3. The third-order valence-corrected chi connectivity index (χ3v) is 4.09. The third-order valence-electron chi connectivity index (χ3n) is 3.25. The molecule has 0 amide bonds. The summed E-state index contributed by atoms with van der Waals surface area (Å²) in [4.78, 5) is 9.32. The van der Waals surface area contributed by atoms with E-state index >= 15 is 0 Å². The van der Waals surface area contributed by atoms with Gasteiger partial charge in [-0.1, -0.05) is 31.1 Å². The van der Waals surface area contributed by atoms with Crippen LogP contribution in [0, 0.1) is 17.8 Å². The van der Waals surface area contributed by atoms with E-state index in [1.54, 1.807) is 18.8 Å². The zero-order chi connectivity index (χ0) is 16.3. The van der Waals surface area contributed by atoms with Crippen LogP contribution in [0.2, 0.25) is 0 Å². The number of terminal acetylenes is 1. The van der Waals surface area contributed by atoms with Gasteiger partial charge in [-0.2, -0.15) is 0 Å². The molecule has 1 atom stereocenters. The van der Waals surface area contributed by atoms with E-state index < -0.39 is 0 Å². The lowest BCUT2D eigenvalue weighted by Gasteiger charge is -2.20. The molecule has 21 heavy (non-hydrogen) atoms. The highest BCUT2D eigenvalue weighted by Gasteiger charge is 2.20. The van der Waals surface area contributed by atoms with Gasteiger partial charge in [0.15, 0.2) is 0 Å². The van der Waals surface area contributed by atoms with Gasteiger partial charge in [-0.15, -0.1) is 18.2 Å². The second-order valence-electron chi connectivity index (χ2n) is 4.95. The summed E-state index contributed by atoms with van der Waals surface area (Å²) in [6.45, 7) is 9.84. The van der Waals surface area contributed by atoms with Gasteiger partial charge in [-0.3, -0.25) is 9.98 Å². The first kappa shape index (κ1) is 19.5. The Labute approximate surface area is 134 Å². The predicted molar refractivity (Wildman–Crippen MR) is 99.3 cm³/mol. The number of rotatable bonds is 8. The number of hydrogen-bond donors (Lipinski definition) is 0. The molecule has 2 nitrogen and oxygen atoms in total. The van der Waals surface area contributed by atoms with E-state index in [4.69, 9.17) is 6.42 Å². The van der Waals surface area contributed by atoms with E-state index in [1.165, 1.54) is 5.57 Å². The van der Waals surface area contributed by atoms with Crippen LogP contribution in [-0.4, -0.2) is 26.2 Å². The highest BCUT2D eigenvalue weighted by Crippen LogP contribution is 2.31. The Hall–Kier alpha value is -1.53.